The van der Waals surface area contributed by atoms with Crippen LogP contribution in [0.15, 0.2) is 35.5 Å². The first-order chi connectivity index (χ1) is 10.0. The number of hydrogen-bond acceptors (Lipinski definition) is 4. The van der Waals surface area contributed by atoms with Crippen LogP contribution >= 0.6 is 11.6 Å². The van der Waals surface area contributed by atoms with Crippen molar-refractivity contribution in [2.24, 2.45) is 0 Å². The average molecular weight is 326 g/mol. The molecule has 110 valence electrons. The Morgan fingerprint density at radius 3 is 2.90 bits per heavy atom. The molecule has 8 heteroatoms. The maximum absolute atomic E-state index is 12.1. The van der Waals surface area contributed by atoms with Crippen molar-refractivity contribution in [2.75, 3.05) is 11.3 Å². The van der Waals surface area contributed by atoms with E-state index >= 15 is 0 Å². The molecule has 2 rings (SSSR count). The molecular formula is C13H12ClN3O3S. The van der Waals surface area contributed by atoms with Crippen molar-refractivity contribution in [2.45, 2.75) is 11.3 Å². The standard InChI is InChI=1S/C13H12ClN3O3S/c14-11-4-5-13(10(7-11)3-1-2-6-18)17-21(19,20)12-8-15-16-9-12/h4-5,7-9,17-18H,2,6H2,(H,15,16). The molecule has 21 heavy (non-hydrogen) atoms. The zero-order chi connectivity index (χ0) is 15.3. The van der Waals surface area contributed by atoms with Crippen LogP contribution in [0.5, 0.6) is 0 Å². The van der Waals surface area contributed by atoms with Gasteiger partial charge in [0, 0.05) is 17.6 Å². The summed E-state index contributed by atoms with van der Waals surface area (Å²) in [6, 6.07) is 4.65. The zero-order valence-electron chi connectivity index (χ0n) is 10.8. The molecule has 1 aromatic carbocycles. The number of nitrogens with zero attached hydrogens (tertiary/aromatic N) is 1. The third-order valence-electron chi connectivity index (χ3n) is 2.47. The summed E-state index contributed by atoms with van der Waals surface area (Å²) in [6.45, 7) is -0.0658. The molecule has 0 atom stereocenters. The lowest BCUT2D eigenvalue weighted by Crippen LogP contribution is -2.13. The van der Waals surface area contributed by atoms with Crippen LogP contribution in [0.2, 0.25) is 5.02 Å². The van der Waals surface area contributed by atoms with E-state index in [0.29, 0.717) is 22.7 Å². The predicted octanol–water partition coefficient (Wildman–Crippen LogP) is 1.60. The Morgan fingerprint density at radius 2 is 2.24 bits per heavy atom. The fourth-order valence-electron chi connectivity index (χ4n) is 1.51. The van der Waals surface area contributed by atoms with Crippen molar-refractivity contribution in [1.29, 1.82) is 0 Å². The minimum Gasteiger partial charge on any atom is -0.395 e. The molecule has 0 bridgehead atoms. The van der Waals surface area contributed by atoms with Crippen LogP contribution in [-0.4, -0.2) is 30.3 Å². The highest BCUT2D eigenvalue weighted by molar-refractivity contribution is 7.92. The van der Waals surface area contributed by atoms with Gasteiger partial charge in [-0.2, -0.15) is 5.10 Å². The van der Waals surface area contributed by atoms with Crippen molar-refractivity contribution in [1.82, 2.24) is 10.2 Å². The Morgan fingerprint density at radius 1 is 1.43 bits per heavy atom. The largest absolute Gasteiger partial charge is 0.395 e. The molecule has 0 saturated carbocycles. The summed E-state index contributed by atoms with van der Waals surface area (Å²) in [7, 11) is -3.74. The van der Waals surface area contributed by atoms with Crippen LogP contribution < -0.4 is 4.72 Å². The highest BCUT2D eigenvalue weighted by atomic mass is 35.5. The SMILES string of the molecule is O=S(=O)(Nc1ccc(Cl)cc1C#CCCO)c1cn[nH]c1. The molecule has 0 aliphatic rings. The van der Waals surface area contributed by atoms with Crippen molar-refractivity contribution in [3.8, 4) is 11.8 Å². The van der Waals surface area contributed by atoms with Gasteiger partial charge in [0.05, 0.1) is 24.1 Å². The Bertz CT molecular complexity index is 777. The molecule has 6 nitrogen and oxygen atoms in total. The summed E-state index contributed by atoms with van der Waals surface area (Å²) < 4.78 is 26.7. The van der Waals surface area contributed by atoms with Crippen molar-refractivity contribution < 1.29 is 13.5 Å². The Balaban J connectivity index is 2.34. The van der Waals surface area contributed by atoms with Gasteiger partial charge in [-0.3, -0.25) is 9.82 Å². The van der Waals surface area contributed by atoms with Gasteiger partial charge in [-0.1, -0.05) is 23.4 Å². The number of aliphatic hydroxyl groups is 1. The minimum absolute atomic E-state index is 0.0201. The van der Waals surface area contributed by atoms with Crippen LogP contribution in [0.25, 0.3) is 0 Å². The number of benzene rings is 1. The summed E-state index contributed by atoms with van der Waals surface area (Å²) in [5.74, 6) is 5.51. The van der Waals surface area contributed by atoms with E-state index in [4.69, 9.17) is 16.7 Å². The predicted molar refractivity (Wildman–Crippen MR) is 79.4 cm³/mol. The van der Waals surface area contributed by atoms with Crippen LogP contribution in [0.1, 0.15) is 12.0 Å². The highest BCUT2D eigenvalue weighted by Gasteiger charge is 2.16. The Labute approximate surface area is 127 Å². The van der Waals surface area contributed by atoms with E-state index in [1.54, 1.807) is 12.1 Å². The number of anilines is 1. The van der Waals surface area contributed by atoms with E-state index in [2.05, 4.69) is 26.8 Å². The van der Waals surface area contributed by atoms with Gasteiger partial charge in [0.2, 0.25) is 0 Å². The summed E-state index contributed by atoms with van der Waals surface area (Å²) in [6.07, 6.45) is 2.77. The number of H-pyrrole nitrogens is 1. The molecule has 0 aliphatic heterocycles. The van der Waals surface area contributed by atoms with E-state index in [1.807, 2.05) is 0 Å². The fraction of sp³-hybridized carbons (Fsp3) is 0.154. The minimum atomic E-state index is -3.74. The third kappa shape index (κ3) is 3.98. The zero-order valence-corrected chi connectivity index (χ0v) is 12.4. The first kappa shape index (κ1) is 15.4. The normalized spacial score (nSPS) is 10.8. The Hall–Kier alpha value is -2.01. The summed E-state index contributed by atoms with van der Waals surface area (Å²) in [4.78, 5) is 0.0201. The summed E-state index contributed by atoms with van der Waals surface area (Å²) >= 11 is 5.89. The van der Waals surface area contributed by atoms with Crippen molar-refractivity contribution in [3.05, 3.63) is 41.2 Å². The lowest BCUT2D eigenvalue weighted by molar-refractivity contribution is 0.305. The summed E-state index contributed by atoms with van der Waals surface area (Å²) in [5, 5.41) is 15.2. The number of hydrogen-bond donors (Lipinski definition) is 3. The van der Waals surface area contributed by atoms with Gasteiger partial charge < -0.3 is 5.11 Å². The van der Waals surface area contributed by atoms with Crippen LogP contribution in [0.4, 0.5) is 5.69 Å². The summed E-state index contributed by atoms with van der Waals surface area (Å²) in [5.41, 5.74) is 0.744. The van der Waals surface area contributed by atoms with E-state index < -0.39 is 10.0 Å². The maximum atomic E-state index is 12.1. The lowest BCUT2D eigenvalue weighted by Gasteiger charge is -2.08. The smallest absolute Gasteiger partial charge is 0.265 e. The van der Waals surface area contributed by atoms with Gasteiger partial charge in [-0.25, -0.2) is 8.42 Å². The molecule has 3 N–H and O–H groups in total. The van der Waals surface area contributed by atoms with Gasteiger partial charge in [0.1, 0.15) is 4.90 Å². The van der Waals surface area contributed by atoms with Crippen LogP contribution in [0, 0.1) is 11.8 Å². The van der Waals surface area contributed by atoms with Crippen molar-refractivity contribution in [3.63, 3.8) is 0 Å². The topological polar surface area (TPSA) is 95.1 Å². The van der Waals surface area contributed by atoms with Gasteiger partial charge in [0.25, 0.3) is 10.0 Å². The second-order valence-corrected chi connectivity index (χ2v) is 6.12. The van der Waals surface area contributed by atoms with E-state index in [9.17, 15) is 8.42 Å². The Kier molecular flexibility index (Phi) is 4.85. The first-order valence-electron chi connectivity index (χ1n) is 5.94. The molecule has 0 amide bonds. The number of halogens is 1. The van der Waals surface area contributed by atoms with E-state index in [1.165, 1.54) is 18.5 Å². The second-order valence-electron chi connectivity index (χ2n) is 4.00. The van der Waals surface area contributed by atoms with Crippen LogP contribution in [0.3, 0.4) is 0 Å². The van der Waals surface area contributed by atoms with Crippen LogP contribution in [-0.2, 0) is 10.0 Å². The number of rotatable bonds is 4. The number of aromatic nitrogens is 2. The van der Waals surface area contributed by atoms with Gasteiger partial charge in [0.15, 0.2) is 0 Å². The lowest BCUT2D eigenvalue weighted by atomic mass is 10.2. The molecule has 0 radical (unpaired) electrons. The van der Waals surface area contributed by atoms with Gasteiger partial charge in [-0.05, 0) is 18.2 Å². The average Bonchev–Trinajstić information content (AvgIpc) is 2.97. The highest BCUT2D eigenvalue weighted by Crippen LogP contribution is 2.22. The maximum Gasteiger partial charge on any atom is 0.265 e. The molecule has 0 unspecified atom stereocenters. The molecule has 1 aromatic heterocycles. The van der Waals surface area contributed by atoms with Gasteiger partial charge in [-0.15, -0.1) is 0 Å². The quantitative estimate of drug-likeness (QED) is 0.744. The monoisotopic (exact) mass is 325 g/mol. The molecular weight excluding hydrogens is 314 g/mol. The molecule has 0 spiro atoms. The molecule has 0 fully saturated rings. The second kappa shape index (κ2) is 6.63. The van der Waals surface area contributed by atoms with Crippen molar-refractivity contribution >= 4 is 27.3 Å². The molecule has 0 saturated heterocycles. The number of nitrogens with one attached hydrogen (secondary N) is 2. The van der Waals surface area contributed by atoms with Gasteiger partial charge >= 0.3 is 0 Å². The molecule has 0 aliphatic carbocycles. The third-order valence-corrected chi connectivity index (χ3v) is 4.04. The molecule has 2 aromatic rings. The first-order valence-corrected chi connectivity index (χ1v) is 7.80. The fourth-order valence-corrected chi connectivity index (χ4v) is 2.67. The van der Waals surface area contributed by atoms with E-state index in [-0.39, 0.29) is 11.5 Å². The number of aliphatic hydroxyl groups excluding tert-OH is 1. The molecule has 1 heterocycles. The number of aromatic amines is 1. The number of sulfonamides is 1. The van der Waals surface area contributed by atoms with E-state index in [0.717, 1.165) is 0 Å².